The van der Waals surface area contributed by atoms with Gasteiger partial charge in [-0.1, -0.05) is 19.1 Å². The lowest BCUT2D eigenvalue weighted by Gasteiger charge is -2.23. The molecule has 0 bridgehead atoms. The van der Waals surface area contributed by atoms with Gasteiger partial charge >= 0.3 is 6.03 Å². The summed E-state index contributed by atoms with van der Waals surface area (Å²) in [4.78, 5) is 14.9. The van der Waals surface area contributed by atoms with Crippen LogP contribution in [0, 0.1) is 0 Å². The van der Waals surface area contributed by atoms with E-state index >= 15 is 0 Å². The predicted octanol–water partition coefficient (Wildman–Crippen LogP) is 4.41. The number of nitrogens with zero attached hydrogens (tertiary/aromatic N) is 2. The van der Waals surface area contributed by atoms with E-state index in [0.29, 0.717) is 32.1 Å². The molecule has 2 aliphatic rings. The van der Waals surface area contributed by atoms with Crippen molar-refractivity contribution < 1.29 is 14.3 Å². The first-order valence-electron chi connectivity index (χ1n) is 10.3. The minimum absolute atomic E-state index is 0.0923. The quantitative estimate of drug-likeness (QED) is 0.719. The molecule has 150 valence electrons. The molecule has 2 aromatic carbocycles. The van der Waals surface area contributed by atoms with Crippen LogP contribution in [-0.4, -0.2) is 35.3 Å². The lowest BCUT2D eigenvalue weighted by Crippen LogP contribution is -2.35. The molecule has 0 aliphatic carbocycles. The molecule has 1 N–H and O–H groups in total. The SMILES string of the molecule is CCCn1cc2c3c(cccc31)CN(C(=O)Nc1ccc3c(c1)OCCO3)CC2. The number of ether oxygens (including phenoxy) is 2. The molecular weight excluding hydrogens is 366 g/mol. The summed E-state index contributed by atoms with van der Waals surface area (Å²) in [5.41, 5.74) is 4.53. The molecular formula is C23H25N3O3. The number of nitrogens with one attached hydrogen (secondary N) is 1. The smallest absolute Gasteiger partial charge is 0.322 e. The summed E-state index contributed by atoms with van der Waals surface area (Å²) in [7, 11) is 0. The second-order valence-electron chi connectivity index (χ2n) is 7.62. The van der Waals surface area contributed by atoms with Gasteiger partial charge in [-0.15, -0.1) is 0 Å². The minimum atomic E-state index is -0.0923. The number of amides is 2. The van der Waals surface area contributed by atoms with Crippen molar-refractivity contribution in [3.63, 3.8) is 0 Å². The maximum absolute atomic E-state index is 13.0. The molecule has 0 atom stereocenters. The van der Waals surface area contributed by atoms with Crippen molar-refractivity contribution in [2.45, 2.75) is 32.9 Å². The van der Waals surface area contributed by atoms with Gasteiger partial charge in [0, 0.05) is 48.5 Å². The van der Waals surface area contributed by atoms with Crippen molar-refractivity contribution >= 4 is 22.6 Å². The lowest BCUT2D eigenvalue weighted by atomic mass is 10.1. The van der Waals surface area contributed by atoms with Crippen molar-refractivity contribution in [2.24, 2.45) is 0 Å². The van der Waals surface area contributed by atoms with Crippen LogP contribution in [0.2, 0.25) is 0 Å². The van der Waals surface area contributed by atoms with Crippen LogP contribution in [0.1, 0.15) is 24.5 Å². The van der Waals surface area contributed by atoms with E-state index < -0.39 is 0 Å². The number of hydrogen-bond acceptors (Lipinski definition) is 3. The molecule has 0 fully saturated rings. The number of carbonyl (C=O) groups excluding carboxylic acids is 1. The van der Waals surface area contributed by atoms with Crippen molar-refractivity contribution in [3.8, 4) is 11.5 Å². The number of anilines is 1. The third kappa shape index (κ3) is 3.28. The maximum Gasteiger partial charge on any atom is 0.322 e. The summed E-state index contributed by atoms with van der Waals surface area (Å²) in [6.45, 7) is 5.60. The second kappa shape index (κ2) is 7.35. The van der Waals surface area contributed by atoms with E-state index in [1.807, 2.05) is 23.1 Å². The fourth-order valence-electron chi connectivity index (χ4n) is 4.30. The molecule has 0 unspecified atom stereocenters. The molecule has 29 heavy (non-hydrogen) atoms. The van der Waals surface area contributed by atoms with Crippen LogP contribution in [0.15, 0.2) is 42.6 Å². The zero-order valence-electron chi connectivity index (χ0n) is 16.6. The van der Waals surface area contributed by atoms with Crippen LogP contribution in [0.5, 0.6) is 11.5 Å². The summed E-state index contributed by atoms with van der Waals surface area (Å²) in [5, 5.41) is 4.33. The van der Waals surface area contributed by atoms with Crippen LogP contribution < -0.4 is 14.8 Å². The first kappa shape index (κ1) is 17.9. The fourth-order valence-corrected chi connectivity index (χ4v) is 4.30. The molecule has 0 radical (unpaired) electrons. The highest BCUT2D eigenvalue weighted by Crippen LogP contribution is 2.33. The van der Waals surface area contributed by atoms with Crippen molar-refractivity contribution in [2.75, 3.05) is 25.1 Å². The molecule has 5 rings (SSSR count). The summed E-state index contributed by atoms with van der Waals surface area (Å²) in [6, 6.07) is 11.8. The Kier molecular flexibility index (Phi) is 4.54. The molecule has 0 spiro atoms. The van der Waals surface area contributed by atoms with E-state index in [1.165, 1.54) is 22.0 Å². The van der Waals surface area contributed by atoms with E-state index in [0.717, 1.165) is 30.8 Å². The van der Waals surface area contributed by atoms with Gasteiger partial charge in [0.15, 0.2) is 11.5 Å². The van der Waals surface area contributed by atoms with Gasteiger partial charge in [0.05, 0.1) is 0 Å². The molecule has 1 aromatic heterocycles. The number of urea groups is 1. The highest BCUT2D eigenvalue weighted by molar-refractivity contribution is 5.92. The Morgan fingerprint density at radius 2 is 1.97 bits per heavy atom. The van der Waals surface area contributed by atoms with Gasteiger partial charge in [-0.25, -0.2) is 4.79 Å². The third-order valence-electron chi connectivity index (χ3n) is 5.63. The van der Waals surface area contributed by atoms with Gasteiger partial charge in [0.1, 0.15) is 13.2 Å². The number of carbonyl (C=O) groups is 1. The highest BCUT2D eigenvalue weighted by Gasteiger charge is 2.23. The Bertz CT molecular complexity index is 1070. The maximum atomic E-state index is 13.0. The molecule has 6 heteroatoms. The summed E-state index contributed by atoms with van der Waals surface area (Å²) in [5.74, 6) is 1.40. The Labute approximate surface area is 170 Å². The van der Waals surface area contributed by atoms with Crippen LogP contribution in [0.25, 0.3) is 10.9 Å². The van der Waals surface area contributed by atoms with E-state index in [2.05, 4.69) is 41.2 Å². The molecule has 0 saturated carbocycles. The number of hydrogen-bond donors (Lipinski definition) is 1. The van der Waals surface area contributed by atoms with Gasteiger partial charge in [0.2, 0.25) is 0 Å². The Morgan fingerprint density at radius 3 is 2.83 bits per heavy atom. The first-order chi connectivity index (χ1) is 14.2. The van der Waals surface area contributed by atoms with Gasteiger partial charge in [0.25, 0.3) is 0 Å². The third-order valence-corrected chi connectivity index (χ3v) is 5.63. The van der Waals surface area contributed by atoms with Gasteiger partial charge < -0.3 is 24.3 Å². The average molecular weight is 391 g/mol. The van der Waals surface area contributed by atoms with E-state index in [9.17, 15) is 4.79 Å². The van der Waals surface area contributed by atoms with E-state index in [-0.39, 0.29) is 6.03 Å². The van der Waals surface area contributed by atoms with Crippen LogP contribution in [0.3, 0.4) is 0 Å². The van der Waals surface area contributed by atoms with Crippen LogP contribution >= 0.6 is 0 Å². The topological polar surface area (TPSA) is 55.7 Å². The number of benzene rings is 2. The van der Waals surface area contributed by atoms with Gasteiger partial charge in [-0.3, -0.25) is 0 Å². The molecule has 3 aromatic rings. The molecule has 3 heterocycles. The summed E-state index contributed by atoms with van der Waals surface area (Å²) >= 11 is 0. The average Bonchev–Trinajstić information content (AvgIpc) is 2.98. The molecule has 2 aliphatic heterocycles. The summed E-state index contributed by atoms with van der Waals surface area (Å²) < 4.78 is 13.5. The molecule has 2 amide bonds. The Morgan fingerprint density at radius 1 is 1.10 bits per heavy atom. The van der Waals surface area contributed by atoms with Gasteiger partial charge in [-0.05, 0) is 42.2 Å². The Balaban J connectivity index is 1.37. The second-order valence-corrected chi connectivity index (χ2v) is 7.62. The number of aryl methyl sites for hydroxylation is 1. The van der Waals surface area contributed by atoms with Crippen LogP contribution in [0.4, 0.5) is 10.5 Å². The number of aromatic nitrogens is 1. The predicted molar refractivity (Wildman–Crippen MR) is 113 cm³/mol. The zero-order chi connectivity index (χ0) is 19.8. The first-order valence-corrected chi connectivity index (χ1v) is 10.3. The number of fused-ring (bicyclic) bond motifs is 1. The summed E-state index contributed by atoms with van der Waals surface area (Å²) in [6.07, 6.45) is 4.23. The fraction of sp³-hybridized carbons (Fsp3) is 0.348. The molecule has 6 nitrogen and oxygen atoms in total. The van der Waals surface area contributed by atoms with Crippen molar-refractivity contribution in [1.29, 1.82) is 0 Å². The standard InChI is InChI=1S/C23H25N3O3/c1-2-9-25-14-17-8-10-26(15-16-4-3-5-19(25)22(16)17)23(27)24-18-6-7-20-21(13-18)29-12-11-28-20/h3-7,13-14H,2,8-12,15H2,1H3,(H,24,27). The molecule has 0 saturated heterocycles. The van der Waals surface area contributed by atoms with Crippen molar-refractivity contribution in [1.82, 2.24) is 9.47 Å². The highest BCUT2D eigenvalue weighted by atomic mass is 16.6. The van der Waals surface area contributed by atoms with Crippen molar-refractivity contribution in [3.05, 3.63) is 53.7 Å². The minimum Gasteiger partial charge on any atom is -0.486 e. The largest absolute Gasteiger partial charge is 0.486 e. The van der Waals surface area contributed by atoms with Crippen LogP contribution in [-0.2, 0) is 19.5 Å². The van der Waals surface area contributed by atoms with E-state index in [4.69, 9.17) is 9.47 Å². The normalized spacial score (nSPS) is 15.3. The van der Waals surface area contributed by atoms with Gasteiger partial charge in [-0.2, -0.15) is 0 Å². The monoisotopic (exact) mass is 391 g/mol. The lowest BCUT2D eigenvalue weighted by molar-refractivity contribution is 0.171. The Hall–Kier alpha value is -3.15. The zero-order valence-corrected chi connectivity index (χ0v) is 16.6. The van der Waals surface area contributed by atoms with E-state index in [1.54, 1.807) is 0 Å². The number of rotatable bonds is 3.